The molecule has 170 valence electrons. The summed E-state index contributed by atoms with van der Waals surface area (Å²) in [5.41, 5.74) is 4.41. The minimum absolute atomic E-state index is 0.272. The molecule has 4 rings (SSSR count). The predicted octanol–water partition coefficient (Wildman–Crippen LogP) is 4.15. The Bertz CT molecular complexity index is 1120. The summed E-state index contributed by atoms with van der Waals surface area (Å²) in [5, 5.41) is 9.38. The zero-order valence-electron chi connectivity index (χ0n) is 19.0. The first-order chi connectivity index (χ1) is 16.0. The molecule has 3 N–H and O–H groups in total. The highest BCUT2D eigenvalue weighted by atomic mass is 16.1. The van der Waals surface area contributed by atoms with Gasteiger partial charge < -0.3 is 25.8 Å². The number of rotatable bonds is 7. The molecule has 1 amide bonds. The van der Waals surface area contributed by atoms with Crippen LogP contribution in [0, 0.1) is 6.92 Å². The Labute approximate surface area is 194 Å². The van der Waals surface area contributed by atoms with E-state index in [2.05, 4.69) is 61.5 Å². The summed E-state index contributed by atoms with van der Waals surface area (Å²) in [6.45, 7) is 9.66. The number of aryl methyl sites for hydroxylation is 1. The van der Waals surface area contributed by atoms with E-state index in [1.165, 1.54) is 11.8 Å². The highest BCUT2D eigenvalue weighted by Gasteiger charge is 2.14. The van der Waals surface area contributed by atoms with Gasteiger partial charge in [0, 0.05) is 49.3 Å². The van der Waals surface area contributed by atoms with Crippen molar-refractivity contribution in [1.29, 1.82) is 0 Å². The maximum atomic E-state index is 11.8. The van der Waals surface area contributed by atoms with Gasteiger partial charge in [0.25, 0.3) is 0 Å². The van der Waals surface area contributed by atoms with Crippen LogP contribution in [0.4, 0.5) is 34.5 Å². The number of anilines is 6. The normalized spacial score (nSPS) is 13.9. The van der Waals surface area contributed by atoms with Crippen LogP contribution in [0.15, 0.2) is 67.4 Å². The first kappa shape index (κ1) is 22.3. The van der Waals surface area contributed by atoms with Crippen LogP contribution in [0.2, 0.25) is 0 Å². The topological polar surface area (TPSA) is 85.4 Å². The molecule has 1 aliphatic rings. The highest BCUT2D eigenvalue weighted by Crippen LogP contribution is 2.27. The number of nitrogens with zero attached hydrogens (tertiary/aromatic N) is 4. The third-order valence-corrected chi connectivity index (χ3v) is 5.59. The molecule has 3 aromatic rings. The lowest BCUT2D eigenvalue weighted by Crippen LogP contribution is -2.44. The minimum atomic E-state index is -0.272. The first-order valence-corrected chi connectivity index (χ1v) is 11.0. The Kier molecular flexibility index (Phi) is 6.85. The fourth-order valence-corrected chi connectivity index (χ4v) is 3.59. The lowest BCUT2D eigenvalue weighted by atomic mass is 10.2. The second-order valence-electron chi connectivity index (χ2n) is 8.05. The number of piperazine rings is 1. The average molecular weight is 444 g/mol. The number of hydrogen-bond acceptors (Lipinski definition) is 7. The van der Waals surface area contributed by atoms with E-state index in [9.17, 15) is 4.79 Å². The van der Waals surface area contributed by atoms with Crippen LogP contribution >= 0.6 is 0 Å². The lowest BCUT2D eigenvalue weighted by molar-refractivity contribution is -0.111. The molecule has 0 aliphatic carbocycles. The molecule has 0 spiro atoms. The van der Waals surface area contributed by atoms with Crippen LogP contribution in [0.1, 0.15) is 5.56 Å². The summed E-state index contributed by atoms with van der Waals surface area (Å²) in [6, 6.07) is 15.8. The second-order valence-corrected chi connectivity index (χ2v) is 8.05. The van der Waals surface area contributed by atoms with E-state index in [0.29, 0.717) is 17.5 Å². The Morgan fingerprint density at radius 1 is 1.00 bits per heavy atom. The number of hydrogen-bond donors (Lipinski definition) is 3. The smallest absolute Gasteiger partial charge is 0.247 e. The van der Waals surface area contributed by atoms with Crippen molar-refractivity contribution < 1.29 is 4.79 Å². The third-order valence-electron chi connectivity index (χ3n) is 5.59. The molecule has 0 bridgehead atoms. The molecule has 2 heterocycles. The number of benzene rings is 2. The minimum Gasteiger partial charge on any atom is -0.369 e. The Morgan fingerprint density at radius 2 is 1.70 bits per heavy atom. The van der Waals surface area contributed by atoms with E-state index in [-0.39, 0.29) is 5.91 Å². The zero-order valence-corrected chi connectivity index (χ0v) is 19.0. The van der Waals surface area contributed by atoms with Crippen molar-refractivity contribution in [3.63, 3.8) is 0 Å². The van der Waals surface area contributed by atoms with Crippen molar-refractivity contribution in [3.05, 3.63) is 72.9 Å². The molecular formula is C25H29N7O. The molecule has 33 heavy (non-hydrogen) atoms. The quantitative estimate of drug-likeness (QED) is 0.473. The van der Waals surface area contributed by atoms with Crippen molar-refractivity contribution in [3.8, 4) is 0 Å². The van der Waals surface area contributed by atoms with Crippen molar-refractivity contribution in [2.45, 2.75) is 6.92 Å². The van der Waals surface area contributed by atoms with Crippen molar-refractivity contribution >= 4 is 40.4 Å². The summed E-state index contributed by atoms with van der Waals surface area (Å²) in [6.07, 6.45) is 3.00. The van der Waals surface area contributed by atoms with Gasteiger partial charge in [0.1, 0.15) is 5.82 Å². The summed E-state index contributed by atoms with van der Waals surface area (Å²) in [5.74, 6) is 0.871. The molecule has 8 heteroatoms. The fraction of sp³-hybridized carbons (Fsp3) is 0.240. The van der Waals surface area contributed by atoms with Gasteiger partial charge in [-0.2, -0.15) is 4.98 Å². The predicted molar refractivity (Wildman–Crippen MR) is 135 cm³/mol. The number of para-hydroxylation sites is 2. The molecule has 1 aliphatic heterocycles. The number of nitrogens with one attached hydrogen (secondary N) is 3. The van der Waals surface area contributed by atoms with Crippen molar-refractivity contribution in [2.75, 3.05) is 54.1 Å². The number of carbonyl (C=O) groups excluding carboxylic acids is 1. The summed E-state index contributed by atoms with van der Waals surface area (Å²) >= 11 is 0. The third kappa shape index (κ3) is 5.67. The van der Waals surface area contributed by atoms with Gasteiger partial charge in [-0.3, -0.25) is 4.79 Å². The van der Waals surface area contributed by atoms with Crippen LogP contribution in [0.25, 0.3) is 0 Å². The summed E-state index contributed by atoms with van der Waals surface area (Å²) < 4.78 is 0. The van der Waals surface area contributed by atoms with Gasteiger partial charge in [-0.05, 0) is 56.4 Å². The Balaban J connectivity index is 1.47. The maximum absolute atomic E-state index is 11.8. The Morgan fingerprint density at radius 3 is 2.39 bits per heavy atom. The SMILES string of the molecule is C=CC(=O)Nc1ccccc1Nc1nc(Nc2ccc(N3CCN(C)CC3)cc2)ncc1C. The summed E-state index contributed by atoms with van der Waals surface area (Å²) in [4.78, 5) is 25.6. The van der Waals surface area contributed by atoms with Crippen LogP contribution < -0.4 is 20.9 Å². The molecule has 1 fully saturated rings. The number of amides is 1. The van der Waals surface area contributed by atoms with Gasteiger partial charge in [-0.25, -0.2) is 4.98 Å². The largest absolute Gasteiger partial charge is 0.369 e. The van der Waals surface area contributed by atoms with Crippen LogP contribution in [-0.2, 0) is 4.79 Å². The maximum Gasteiger partial charge on any atom is 0.247 e. The van der Waals surface area contributed by atoms with Gasteiger partial charge in [0.15, 0.2) is 0 Å². The molecule has 1 aromatic heterocycles. The molecule has 2 aromatic carbocycles. The molecule has 8 nitrogen and oxygen atoms in total. The molecule has 1 saturated heterocycles. The van der Waals surface area contributed by atoms with E-state index < -0.39 is 0 Å². The van der Waals surface area contributed by atoms with E-state index >= 15 is 0 Å². The number of aromatic nitrogens is 2. The van der Waals surface area contributed by atoms with Crippen LogP contribution in [-0.4, -0.2) is 54.0 Å². The van der Waals surface area contributed by atoms with Gasteiger partial charge in [0.05, 0.1) is 11.4 Å². The van der Waals surface area contributed by atoms with Gasteiger partial charge in [0.2, 0.25) is 11.9 Å². The molecule has 0 atom stereocenters. The van der Waals surface area contributed by atoms with Crippen molar-refractivity contribution in [1.82, 2.24) is 14.9 Å². The molecule has 0 saturated carbocycles. The van der Waals surface area contributed by atoms with Gasteiger partial charge in [-0.15, -0.1) is 0 Å². The average Bonchev–Trinajstić information content (AvgIpc) is 2.83. The second kappa shape index (κ2) is 10.1. The van der Waals surface area contributed by atoms with Gasteiger partial charge >= 0.3 is 0 Å². The standard InChI is InChI=1S/C25H29N7O/c1-4-23(33)28-21-7-5-6-8-22(21)29-24-18(2)17-26-25(30-24)27-19-9-11-20(12-10-19)32-15-13-31(3)14-16-32/h4-12,17H,1,13-16H2,2-3H3,(H,28,33)(H2,26,27,29,30). The van der Waals surface area contributed by atoms with E-state index in [1.807, 2.05) is 43.3 Å². The highest BCUT2D eigenvalue weighted by molar-refractivity contribution is 6.01. The Hall–Kier alpha value is -3.91. The van der Waals surface area contributed by atoms with Crippen LogP contribution in [0.5, 0.6) is 0 Å². The molecular weight excluding hydrogens is 414 g/mol. The number of likely N-dealkylation sites (N-methyl/N-ethyl adjacent to an activating group) is 1. The molecule has 0 radical (unpaired) electrons. The van der Waals surface area contributed by atoms with Gasteiger partial charge in [-0.1, -0.05) is 18.7 Å². The van der Waals surface area contributed by atoms with E-state index in [4.69, 9.17) is 0 Å². The van der Waals surface area contributed by atoms with E-state index in [1.54, 1.807) is 6.20 Å². The van der Waals surface area contributed by atoms with Crippen LogP contribution in [0.3, 0.4) is 0 Å². The lowest BCUT2D eigenvalue weighted by Gasteiger charge is -2.34. The zero-order chi connectivity index (χ0) is 23.2. The summed E-state index contributed by atoms with van der Waals surface area (Å²) in [7, 11) is 2.16. The monoisotopic (exact) mass is 443 g/mol. The first-order valence-electron chi connectivity index (χ1n) is 11.0. The molecule has 0 unspecified atom stereocenters. The number of carbonyl (C=O) groups is 1. The fourth-order valence-electron chi connectivity index (χ4n) is 3.59. The van der Waals surface area contributed by atoms with Crippen molar-refractivity contribution in [2.24, 2.45) is 0 Å². The van der Waals surface area contributed by atoms with E-state index in [0.717, 1.165) is 43.1 Å².